The fourth-order valence-corrected chi connectivity index (χ4v) is 4.59. The van der Waals surface area contributed by atoms with E-state index in [1.54, 1.807) is 0 Å². The van der Waals surface area contributed by atoms with Crippen LogP contribution in [-0.4, -0.2) is 16.0 Å². The lowest BCUT2D eigenvalue weighted by atomic mass is 9.50. The number of aliphatic hydroxyl groups excluding tert-OH is 1. The van der Waals surface area contributed by atoms with Crippen LogP contribution in [0, 0.1) is 10.8 Å². The summed E-state index contributed by atoms with van der Waals surface area (Å²) in [5.74, 6) is 0. The first-order valence-electron chi connectivity index (χ1n) is 6.57. The second-order valence-electron chi connectivity index (χ2n) is 6.44. The molecular formula is C15H22BrClO. The highest BCUT2D eigenvalue weighted by molar-refractivity contribution is 9.09. The molecule has 3 atom stereocenters. The fraction of sp³-hybridized carbons (Fsp3) is 0.733. The molecule has 0 aromatic carbocycles. The van der Waals surface area contributed by atoms with Crippen LogP contribution in [-0.2, 0) is 0 Å². The summed E-state index contributed by atoms with van der Waals surface area (Å²) >= 11 is 10.1. The first kappa shape index (κ1) is 14.6. The Morgan fingerprint density at radius 1 is 1.44 bits per heavy atom. The van der Waals surface area contributed by atoms with Gasteiger partial charge in [0.05, 0.1) is 6.10 Å². The minimum absolute atomic E-state index is 0.0248. The van der Waals surface area contributed by atoms with Crippen LogP contribution < -0.4 is 0 Å². The number of halogens is 2. The number of rotatable bonds is 0. The van der Waals surface area contributed by atoms with Crippen LogP contribution in [0.15, 0.2) is 22.8 Å². The highest BCUT2D eigenvalue weighted by Gasteiger charge is 2.56. The Balaban J connectivity index is 2.45. The summed E-state index contributed by atoms with van der Waals surface area (Å²) in [5.41, 5.74) is 2.46. The van der Waals surface area contributed by atoms with Gasteiger partial charge in [0.25, 0.3) is 0 Å². The predicted octanol–water partition coefficient (Wildman–Crippen LogP) is 4.78. The molecule has 0 saturated heterocycles. The number of hydrogen-bond donors (Lipinski definition) is 1. The van der Waals surface area contributed by atoms with Gasteiger partial charge in [0.2, 0.25) is 0 Å². The van der Waals surface area contributed by atoms with E-state index in [0.717, 1.165) is 24.3 Å². The van der Waals surface area contributed by atoms with Crippen LogP contribution in [0.3, 0.4) is 0 Å². The van der Waals surface area contributed by atoms with E-state index in [1.807, 2.05) is 0 Å². The van der Waals surface area contributed by atoms with E-state index in [4.69, 9.17) is 11.6 Å². The molecule has 1 unspecified atom stereocenters. The highest BCUT2D eigenvalue weighted by Crippen LogP contribution is 2.62. The van der Waals surface area contributed by atoms with E-state index >= 15 is 0 Å². The van der Waals surface area contributed by atoms with Gasteiger partial charge in [-0.2, -0.15) is 0 Å². The molecule has 1 spiro atoms. The van der Waals surface area contributed by atoms with Crippen molar-refractivity contribution in [1.29, 1.82) is 0 Å². The molecule has 1 N–H and O–H groups in total. The molecule has 0 amide bonds. The van der Waals surface area contributed by atoms with Crippen molar-refractivity contribution >= 4 is 27.5 Å². The van der Waals surface area contributed by atoms with Crippen molar-refractivity contribution in [2.24, 2.45) is 10.8 Å². The van der Waals surface area contributed by atoms with Crippen molar-refractivity contribution in [2.45, 2.75) is 57.4 Å². The molecule has 2 rings (SSSR count). The van der Waals surface area contributed by atoms with Crippen molar-refractivity contribution in [2.75, 3.05) is 0 Å². The van der Waals surface area contributed by atoms with Gasteiger partial charge in [-0.25, -0.2) is 0 Å². The Morgan fingerprint density at radius 2 is 2.06 bits per heavy atom. The van der Waals surface area contributed by atoms with Crippen LogP contribution >= 0.6 is 27.5 Å². The summed E-state index contributed by atoms with van der Waals surface area (Å²) in [6.45, 7) is 10.8. The van der Waals surface area contributed by atoms with Crippen LogP contribution in [0.2, 0.25) is 0 Å². The molecule has 2 aliphatic rings. The van der Waals surface area contributed by atoms with Crippen LogP contribution in [0.4, 0.5) is 0 Å². The van der Waals surface area contributed by atoms with Gasteiger partial charge >= 0.3 is 0 Å². The Bertz CT molecular complexity index is 413. The molecule has 0 aliphatic heterocycles. The lowest BCUT2D eigenvalue weighted by Crippen LogP contribution is -2.54. The van der Waals surface area contributed by atoms with Gasteiger partial charge in [0, 0.05) is 15.3 Å². The summed E-state index contributed by atoms with van der Waals surface area (Å²) in [5, 5.41) is 11.2. The standard InChI is InChI=1S/C15H22BrClO/c1-9-5-6-15(8-11(9)17)10(2)7-12(18)13(16)14(15,3)4/h12-13,18H,2,5-8H2,1,3-4H3/t12-,13-,15?/m1/s1. The van der Waals surface area contributed by atoms with Crippen LogP contribution in [0.25, 0.3) is 0 Å². The number of hydrogen-bond acceptors (Lipinski definition) is 1. The molecule has 1 saturated carbocycles. The Kier molecular flexibility index (Phi) is 3.77. The molecule has 0 heterocycles. The van der Waals surface area contributed by atoms with Crippen molar-refractivity contribution in [3.63, 3.8) is 0 Å². The maximum atomic E-state index is 10.2. The largest absolute Gasteiger partial charge is 0.392 e. The van der Waals surface area contributed by atoms with Gasteiger partial charge in [0.1, 0.15) is 0 Å². The highest BCUT2D eigenvalue weighted by atomic mass is 79.9. The van der Waals surface area contributed by atoms with E-state index in [1.165, 1.54) is 11.1 Å². The first-order valence-corrected chi connectivity index (χ1v) is 7.86. The SMILES string of the molecule is C=C1C[C@@H](O)[C@@H](Br)C(C)(C)C12CCC(C)=C(Cl)C2. The Labute approximate surface area is 123 Å². The monoisotopic (exact) mass is 332 g/mol. The van der Waals surface area contributed by atoms with Gasteiger partial charge in [-0.05, 0) is 38.0 Å². The van der Waals surface area contributed by atoms with E-state index in [9.17, 15) is 5.11 Å². The second-order valence-corrected chi connectivity index (χ2v) is 7.89. The molecule has 1 fully saturated rings. The summed E-state index contributed by atoms with van der Waals surface area (Å²) < 4.78 is 0. The van der Waals surface area contributed by atoms with Gasteiger partial charge in [-0.3, -0.25) is 0 Å². The zero-order chi connectivity index (χ0) is 13.7. The third-order valence-corrected chi connectivity index (χ3v) is 7.45. The Morgan fingerprint density at radius 3 is 2.61 bits per heavy atom. The number of aliphatic hydroxyl groups is 1. The normalized spacial score (nSPS) is 40.4. The topological polar surface area (TPSA) is 20.2 Å². The van der Waals surface area contributed by atoms with Crippen molar-refractivity contribution in [1.82, 2.24) is 0 Å². The predicted molar refractivity (Wildman–Crippen MR) is 81.1 cm³/mol. The van der Waals surface area contributed by atoms with Gasteiger partial charge < -0.3 is 5.11 Å². The van der Waals surface area contributed by atoms with E-state index in [0.29, 0.717) is 6.42 Å². The summed E-state index contributed by atoms with van der Waals surface area (Å²) in [4.78, 5) is 0.0957. The summed E-state index contributed by atoms with van der Waals surface area (Å²) in [6, 6.07) is 0. The minimum atomic E-state index is -0.344. The minimum Gasteiger partial charge on any atom is -0.392 e. The van der Waals surface area contributed by atoms with E-state index in [-0.39, 0.29) is 21.8 Å². The van der Waals surface area contributed by atoms with Gasteiger partial charge in [-0.1, -0.05) is 59.1 Å². The molecule has 0 radical (unpaired) electrons. The lowest BCUT2D eigenvalue weighted by Gasteiger charge is -2.57. The smallest absolute Gasteiger partial charge is 0.0707 e. The summed E-state index contributed by atoms with van der Waals surface area (Å²) in [6.07, 6.45) is 3.35. The fourth-order valence-electron chi connectivity index (χ4n) is 3.64. The molecule has 3 heteroatoms. The van der Waals surface area contributed by atoms with Crippen LogP contribution in [0.5, 0.6) is 0 Å². The average Bonchev–Trinajstić information content (AvgIpc) is 2.29. The molecule has 0 aromatic heterocycles. The van der Waals surface area contributed by atoms with Crippen molar-refractivity contribution < 1.29 is 5.11 Å². The number of allylic oxidation sites excluding steroid dienone is 2. The average molecular weight is 334 g/mol. The lowest BCUT2D eigenvalue weighted by molar-refractivity contribution is 0.000421. The van der Waals surface area contributed by atoms with Gasteiger partial charge in [-0.15, -0.1) is 0 Å². The van der Waals surface area contributed by atoms with Crippen LogP contribution in [0.1, 0.15) is 46.5 Å². The van der Waals surface area contributed by atoms with E-state index in [2.05, 4.69) is 43.3 Å². The van der Waals surface area contributed by atoms with Crippen molar-refractivity contribution in [3.8, 4) is 0 Å². The molecule has 0 bridgehead atoms. The maximum Gasteiger partial charge on any atom is 0.0707 e. The second kappa shape index (κ2) is 4.64. The summed E-state index contributed by atoms with van der Waals surface area (Å²) in [7, 11) is 0. The molecule has 18 heavy (non-hydrogen) atoms. The zero-order valence-electron chi connectivity index (χ0n) is 11.4. The molecule has 2 aliphatic carbocycles. The molecule has 1 nitrogen and oxygen atoms in total. The zero-order valence-corrected chi connectivity index (χ0v) is 13.7. The number of alkyl halides is 1. The van der Waals surface area contributed by atoms with Gasteiger partial charge in [0.15, 0.2) is 0 Å². The molecular weight excluding hydrogens is 312 g/mol. The molecule has 0 aromatic rings. The molecule has 102 valence electrons. The third-order valence-electron chi connectivity index (χ3n) is 5.24. The Hall–Kier alpha value is 0.210. The first-order chi connectivity index (χ1) is 8.22. The third kappa shape index (κ3) is 1.92. The maximum absolute atomic E-state index is 10.2. The quantitative estimate of drug-likeness (QED) is 0.499. The van der Waals surface area contributed by atoms with Crippen molar-refractivity contribution in [3.05, 3.63) is 22.8 Å². The van der Waals surface area contributed by atoms with E-state index < -0.39 is 0 Å².